The van der Waals surface area contributed by atoms with Crippen molar-refractivity contribution in [2.75, 3.05) is 7.11 Å². The number of benzene rings is 2. The van der Waals surface area contributed by atoms with E-state index in [1.54, 1.807) is 31.4 Å². The number of hydrogen-bond donors (Lipinski definition) is 0. The highest BCUT2D eigenvalue weighted by Crippen LogP contribution is 2.33. The number of nitrogens with zero attached hydrogens (tertiary/aromatic N) is 1. The first kappa shape index (κ1) is 15.4. The Bertz CT molecular complexity index is 1030. The average Bonchev–Trinajstić information content (AvgIpc) is 2.99. The summed E-state index contributed by atoms with van der Waals surface area (Å²) >= 11 is 0. The highest BCUT2D eigenvalue weighted by molar-refractivity contribution is 5.99. The molecule has 0 saturated carbocycles. The molecular weight excluding hydrogens is 314 g/mol. The number of carbonyl (C=O) groups is 1. The van der Waals surface area contributed by atoms with Crippen molar-refractivity contribution in [1.29, 1.82) is 0 Å². The van der Waals surface area contributed by atoms with Crippen molar-refractivity contribution < 1.29 is 13.6 Å². The van der Waals surface area contributed by atoms with Crippen LogP contribution in [0.1, 0.15) is 16.1 Å². The molecule has 0 bridgehead atoms. The predicted molar refractivity (Wildman–Crippen MR) is 97.2 cm³/mol. The first-order chi connectivity index (χ1) is 12.2. The number of methoxy groups -OCH3 is 1. The van der Waals surface area contributed by atoms with Crippen LogP contribution in [0, 0.1) is 0 Å². The molecule has 2 aromatic carbocycles. The third-order valence-electron chi connectivity index (χ3n) is 4.47. The molecule has 2 aromatic rings. The molecule has 0 aromatic heterocycles. The molecule has 124 valence electrons. The van der Waals surface area contributed by atoms with Gasteiger partial charge in [0.1, 0.15) is 12.2 Å². The van der Waals surface area contributed by atoms with Crippen LogP contribution in [-0.2, 0) is 13.5 Å². The van der Waals surface area contributed by atoms with Gasteiger partial charge < -0.3 is 8.78 Å². The van der Waals surface area contributed by atoms with Gasteiger partial charge in [-0.2, -0.15) is 0 Å². The number of hydrogen-bond acceptors (Lipinski definition) is 3. The van der Waals surface area contributed by atoms with Crippen molar-refractivity contribution >= 4 is 16.7 Å². The van der Waals surface area contributed by atoms with E-state index in [1.165, 1.54) is 0 Å². The largest absolute Gasteiger partial charge is 0.544 e. The molecule has 2 aliphatic rings. The van der Waals surface area contributed by atoms with Crippen LogP contribution >= 0.6 is 0 Å². The number of aromatic nitrogens is 1. The topological polar surface area (TPSA) is 41.9 Å². The summed E-state index contributed by atoms with van der Waals surface area (Å²) in [5, 5.41) is 1.11. The number of Topliss-reactive ketones (excluding diaryl/α,β-unsaturated/α-hetero) is 1. The van der Waals surface area contributed by atoms with Crippen LogP contribution in [0.5, 0.6) is 5.75 Å². The highest BCUT2D eigenvalue weighted by Gasteiger charge is 2.21. The Morgan fingerprint density at radius 3 is 2.64 bits per heavy atom. The molecule has 0 N–H and O–H groups in total. The highest BCUT2D eigenvalue weighted by atomic mass is 16.5. The van der Waals surface area contributed by atoms with E-state index >= 15 is 0 Å². The van der Waals surface area contributed by atoms with Gasteiger partial charge in [-0.1, -0.05) is 18.2 Å². The van der Waals surface area contributed by atoms with Gasteiger partial charge in [0.15, 0.2) is 18.6 Å². The minimum Gasteiger partial charge on any atom is -0.544 e. The van der Waals surface area contributed by atoms with Gasteiger partial charge in [-0.15, -0.1) is 0 Å². The molecule has 0 atom stereocenters. The second-order valence-electron chi connectivity index (χ2n) is 6.04. The van der Waals surface area contributed by atoms with E-state index in [1.807, 2.05) is 37.6 Å². The fraction of sp³-hybridized carbons (Fsp3) is 0.143. The summed E-state index contributed by atoms with van der Waals surface area (Å²) in [6.45, 7) is 0. The molecule has 0 unspecified atom stereocenters. The molecule has 0 fully saturated rings. The van der Waals surface area contributed by atoms with Crippen LogP contribution in [0.2, 0.25) is 0 Å². The van der Waals surface area contributed by atoms with E-state index in [0.717, 1.165) is 33.7 Å². The van der Waals surface area contributed by atoms with Crippen LogP contribution in [-0.4, -0.2) is 17.9 Å². The van der Waals surface area contributed by atoms with E-state index in [4.69, 9.17) is 4.74 Å². The van der Waals surface area contributed by atoms with Gasteiger partial charge in [0.25, 0.3) is 6.26 Å². The quantitative estimate of drug-likeness (QED) is 0.405. The molecule has 4 nitrogen and oxygen atoms in total. The van der Waals surface area contributed by atoms with Crippen LogP contribution in [0.4, 0.5) is 0 Å². The lowest BCUT2D eigenvalue weighted by atomic mass is 10.0. The number of ketones is 1. The fourth-order valence-electron chi connectivity index (χ4n) is 3.07. The molecule has 0 amide bonds. The Labute approximate surface area is 145 Å². The fourth-order valence-corrected chi connectivity index (χ4v) is 3.07. The van der Waals surface area contributed by atoms with Crippen molar-refractivity contribution in [3.63, 3.8) is 0 Å². The monoisotopic (exact) mass is 332 g/mol. The van der Waals surface area contributed by atoms with Crippen molar-refractivity contribution in [1.82, 2.24) is 4.98 Å². The van der Waals surface area contributed by atoms with Gasteiger partial charge in [-0.05, 0) is 30.3 Å². The Morgan fingerprint density at radius 2 is 1.88 bits per heavy atom. The maximum atomic E-state index is 12.6. The van der Waals surface area contributed by atoms with Crippen LogP contribution < -0.4 is 4.74 Å². The van der Waals surface area contributed by atoms with Gasteiger partial charge in [0.2, 0.25) is 5.76 Å². The minimum absolute atomic E-state index is 0.0638. The van der Waals surface area contributed by atoms with Gasteiger partial charge in [0, 0.05) is 22.6 Å². The van der Waals surface area contributed by atoms with Gasteiger partial charge >= 0.3 is 0 Å². The van der Waals surface area contributed by atoms with Crippen molar-refractivity contribution in [2.45, 2.75) is 6.42 Å². The number of rotatable bonds is 4. The van der Waals surface area contributed by atoms with Crippen molar-refractivity contribution in [3.05, 3.63) is 72.2 Å². The van der Waals surface area contributed by atoms with Crippen molar-refractivity contribution in [3.8, 4) is 17.0 Å². The number of para-hydroxylation sites is 1. The average molecular weight is 332 g/mol. The lowest BCUT2D eigenvalue weighted by Gasteiger charge is -2.08. The second-order valence-corrected chi connectivity index (χ2v) is 6.04. The van der Waals surface area contributed by atoms with Gasteiger partial charge in [0.05, 0.1) is 12.6 Å². The summed E-state index contributed by atoms with van der Waals surface area (Å²) in [4.78, 5) is 17.3. The van der Waals surface area contributed by atoms with Crippen molar-refractivity contribution in [2.24, 2.45) is 7.11 Å². The molecule has 4 rings (SSSR count). The van der Waals surface area contributed by atoms with Gasteiger partial charge in [-0.3, -0.25) is 4.79 Å². The number of carbonyl (C=O) groups excluding carboxylic acids is 1. The zero-order chi connectivity index (χ0) is 17.4. The molecule has 2 heterocycles. The number of ether oxygens (including phenoxy) is 1. The summed E-state index contributed by atoms with van der Waals surface area (Å²) in [5.74, 6) is 1.69. The summed E-state index contributed by atoms with van der Waals surface area (Å²) in [7, 11) is 3.48. The predicted octanol–water partition coefficient (Wildman–Crippen LogP) is 4.59. The lowest BCUT2D eigenvalue weighted by Crippen LogP contribution is -2.05. The summed E-state index contributed by atoms with van der Waals surface area (Å²) < 4.78 is 8.01. The maximum absolute atomic E-state index is 12.6. The summed E-state index contributed by atoms with van der Waals surface area (Å²) in [5.41, 5.74) is 3.62. The third-order valence-corrected chi connectivity index (χ3v) is 4.47. The molecule has 4 heteroatoms. The molecule has 0 spiro atoms. The second kappa shape index (κ2) is 6.06. The lowest BCUT2D eigenvalue weighted by molar-refractivity contribution is 0.0947. The Kier molecular flexibility index (Phi) is 3.73. The van der Waals surface area contributed by atoms with E-state index in [9.17, 15) is 4.79 Å². The van der Waals surface area contributed by atoms with Gasteiger partial charge in [-0.25, -0.2) is 4.98 Å². The molecule has 0 saturated heterocycles. The van der Waals surface area contributed by atoms with E-state index in [0.29, 0.717) is 12.0 Å². The standard InChI is InChI=1S/C21H18NO3/c1-24-15-9-7-14(8-10-15)21(23)12-16-11-18-17-5-3-4-6-19(17)22-20(18)13-25(16)2/h3-11,13H,12H2,1-2H3/q+1. The minimum atomic E-state index is 0.0638. The first-order valence-electron chi connectivity index (χ1n) is 8.08. The Hall–Kier alpha value is -3.14. The molecule has 25 heavy (non-hydrogen) atoms. The normalized spacial score (nSPS) is 11.1. The smallest absolute Gasteiger partial charge is 0.250 e. The summed E-state index contributed by atoms with van der Waals surface area (Å²) in [6.07, 6.45) is 2.22. The maximum Gasteiger partial charge on any atom is 0.250 e. The Balaban J connectivity index is 1.70. The Morgan fingerprint density at radius 1 is 1.12 bits per heavy atom. The molecule has 0 radical (unpaired) electrons. The number of fused-ring (bicyclic) bond motifs is 3. The third kappa shape index (κ3) is 2.76. The van der Waals surface area contributed by atoms with E-state index in [2.05, 4.69) is 15.1 Å². The molecular formula is C21H18NO3+. The van der Waals surface area contributed by atoms with Crippen LogP contribution in [0.3, 0.4) is 0 Å². The van der Waals surface area contributed by atoms with E-state index in [-0.39, 0.29) is 5.78 Å². The molecule has 2 aliphatic heterocycles. The molecule has 0 aliphatic carbocycles. The zero-order valence-corrected chi connectivity index (χ0v) is 14.2. The van der Waals surface area contributed by atoms with Crippen LogP contribution in [0.25, 0.3) is 22.2 Å². The van der Waals surface area contributed by atoms with E-state index < -0.39 is 0 Å². The zero-order valence-electron chi connectivity index (χ0n) is 14.2. The SMILES string of the molecule is COc1ccc(C(=O)Cc2cc3c4ccccc4nc-3c[o+]2C)cc1. The summed E-state index contributed by atoms with van der Waals surface area (Å²) in [6, 6.07) is 17.3. The number of aryl methyl sites for hydroxylation is 1. The van der Waals surface area contributed by atoms with Crippen LogP contribution in [0.15, 0.2) is 64.9 Å². The first-order valence-corrected chi connectivity index (χ1v) is 8.08.